The largest absolute Gasteiger partial charge is 0.495 e. The van der Waals surface area contributed by atoms with E-state index < -0.39 is 21.6 Å². The summed E-state index contributed by atoms with van der Waals surface area (Å²) in [6, 6.07) is 8.20. The molecule has 0 aliphatic rings. The third-order valence-electron chi connectivity index (χ3n) is 4.82. The van der Waals surface area contributed by atoms with Gasteiger partial charge in [0.15, 0.2) is 0 Å². The molecule has 1 N–H and O–H groups in total. The van der Waals surface area contributed by atoms with Crippen molar-refractivity contribution >= 4 is 38.6 Å². The molecular weight excluding hydrogens is 470 g/mol. The summed E-state index contributed by atoms with van der Waals surface area (Å²) >= 11 is 6.30. The summed E-state index contributed by atoms with van der Waals surface area (Å²) in [6.45, 7) is 5.05. The van der Waals surface area contributed by atoms with Crippen LogP contribution in [-0.4, -0.2) is 27.5 Å². The number of esters is 1. The smallest absolute Gasteiger partial charge is 0.338 e. The van der Waals surface area contributed by atoms with Gasteiger partial charge in [-0.15, -0.1) is 0 Å². The highest BCUT2D eigenvalue weighted by molar-refractivity contribution is 7.89. The minimum absolute atomic E-state index is 0.0125. The van der Waals surface area contributed by atoms with Crippen LogP contribution in [0.25, 0.3) is 11.0 Å². The zero-order chi connectivity index (χ0) is 24.3. The Labute approximate surface area is 196 Å². The van der Waals surface area contributed by atoms with E-state index in [0.717, 1.165) is 5.56 Å². The highest BCUT2D eigenvalue weighted by Gasteiger charge is 2.23. The van der Waals surface area contributed by atoms with Crippen LogP contribution in [0.5, 0.6) is 5.75 Å². The van der Waals surface area contributed by atoms with Crippen molar-refractivity contribution in [2.45, 2.75) is 44.7 Å². The van der Waals surface area contributed by atoms with Crippen LogP contribution in [0.15, 0.2) is 50.5 Å². The lowest BCUT2D eigenvalue weighted by molar-refractivity contribution is 0.0473. The molecule has 0 atom stereocenters. The van der Waals surface area contributed by atoms with Gasteiger partial charge in [0.25, 0.3) is 0 Å². The molecule has 1 heterocycles. The second-order valence-corrected chi connectivity index (χ2v) is 9.69. The number of hydrogen-bond donors (Lipinski definition) is 1. The molecule has 0 radical (unpaired) electrons. The first-order valence-electron chi connectivity index (χ1n) is 10.2. The molecule has 3 aromatic rings. The summed E-state index contributed by atoms with van der Waals surface area (Å²) in [5.74, 6) is -0.677. The van der Waals surface area contributed by atoms with Gasteiger partial charge in [0.2, 0.25) is 10.0 Å². The third-order valence-corrected chi connectivity index (χ3v) is 6.85. The molecule has 0 amide bonds. The number of rotatable bonds is 8. The Hall–Kier alpha value is -2.88. The van der Waals surface area contributed by atoms with E-state index in [4.69, 9.17) is 25.5 Å². The third kappa shape index (κ3) is 5.55. The number of aryl methyl sites for hydroxylation is 1. The summed E-state index contributed by atoms with van der Waals surface area (Å²) in [7, 11) is -2.59. The average molecular weight is 494 g/mol. The number of benzene rings is 2. The Kier molecular flexibility index (Phi) is 7.46. The predicted molar refractivity (Wildman–Crippen MR) is 124 cm³/mol. The van der Waals surface area contributed by atoms with E-state index in [0.29, 0.717) is 28.0 Å². The fraction of sp³-hybridized carbons (Fsp3) is 0.304. The minimum atomic E-state index is -3.92. The molecule has 0 aliphatic carbocycles. The average Bonchev–Trinajstić information content (AvgIpc) is 2.75. The van der Waals surface area contributed by atoms with Crippen molar-refractivity contribution in [3.8, 4) is 5.75 Å². The molecule has 10 heteroatoms. The second kappa shape index (κ2) is 9.94. The van der Waals surface area contributed by atoms with E-state index in [1.54, 1.807) is 26.0 Å². The summed E-state index contributed by atoms with van der Waals surface area (Å²) in [4.78, 5) is 24.5. The van der Waals surface area contributed by atoms with Crippen molar-refractivity contribution in [2.24, 2.45) is 0 Å². The van der Waals surface area contributed by atoms with Crippen LogP contribution >= 0.6 is 11.6 Å². The van der Waals surface area contributed by atoms with Gasteiger partial charge < -0.3 is 13.9 Å². The van der Waals surface area contributed by atoms with E-state index >= 15 is 0 Å². The van der Waals surface area contributed by atoms with E-state index in [1.165, 1.54) is 31.4 Å². The Morgan fingerprint density at radius 2 is 1.88 bits per heavy atom. The van der Waals surface area contributed by atoms with Gasteiger partial charge in [0.1, 0.15) is 22.8 Å². The lowest BCUT2D eigenvalue weighted by Gasteiger charge is -2.14. The van der Waals surface area contributed by atoms with Gasteiger partial charge in [-0.1, -0.05) is 18.5 Å². The molecule has 3 rings (SSSR count). The zero-order valence-electron chi connectivity index (χ0n) is 18.6. The van der Waals surface area contributed by atoms with Crippen molar-refractivity contribution in [1.29, 1.82) is 0 Å². The van der Waals surface area contributed by atoms with Gasteiger partial charge in [-0.2, -0.15) is 0 Å². The molecule has 33 heavy (non-hydrogen) atoms. The molecule has 1 aromatic heterocycles. The van der Waals surface area contributed by atoms with Crippen LogP contribution in [0.1, 0.15) is 42.3 Å². The van der Waals surface area contributed by atoms with Crippen LogP contribution in [0, 0.1) is 0 Å². The summed E-state index contributed by atoms with van der Waals surface area (Å²) in [6.07, 6.45) is 0.659. The Morgan fingerprint density at radius 1 is 1.15 bits per heavy atom. The lowest BCUT2D eigenvalue weighted by atomic mass is 10.1. The Morgan fingerprint density at radius 3 is 2.52 bits per heavy atom. The topological polar surface area (TPSA) is 112 Å². The van der Waals surface area contributed by atoms with E-state index in [1.807, 2.05) is 6.92 Å². The number of hydrogen-bond acceptors (Lipinski definition) is 7. The standard InChI is InChI=1S/C23H24ClNO7S/c1-5-14-8-20-17(11-18(14)24)16(10-22(26)32-20)12-31-23(27)15-6-7-19(30-4)21(9-15)33(28,29)25-13(2)3/h6-11,13,25H,5,12H2,1-4H3. The van der Waals surface area contributed by atoms with E-state index in [2.05, 4.69) is 4.72 Å². The number of sulfonamides is 1. The summed E-state index contributed by atoms with van der Waals surface area (Å²) in [5.41, 5.74) is 1.01. The molecule has 2 aromatic carbocycles. The normalized spacial score (nSPS) is 11.7. The molecule has 0 saturated heterocycles. The van der Waals surface area contributed by atoms with Crippen LogP contribution < -0.4 is 15.1 Å². The number of carbonyl (C=O) groups excluding carboxylic acids is 1. The molecule has 8 nitrogen and oxygen atoms in total. The zero-order valence-corrected chi connectivity index (χ0v) is 20.2. The van der Waals surface area contributed by atoms with Crippen LogP contribution in [-0.2, 0) is 27.8 Å². The van der Waals surface area contributed by atoms with Gasteiger partial charge >= 0.3 is 11.6 Å². The van der Waals surface area contributed by atoms with Gasteiger partial charge in [-0.25, -0.2) is 22.7 Å². The Balaban J connectivity index is 1.91. The van der Waals surface area contributed by atoms with Crippen LogP contribution in [0.2, 0.25) is 5.02 Å². The summed E-state index contributed by atoms with van der Waals surface area (Å²) in [5, 5.41) is 1.05. The predicted octanol–water partition coefficient (Wildman–Crippen LogP) is 4.06. The molecule has 0 spiro atoms. The first-order valence-corrected chi connectivity index (χ1v) is 12.0. The number of ether oxygens (including phenoxy) is 2. The van der Waals surface area contributed by atoms with Crippen LogP contribution in [0.3, 0.4) is 0 Å². The van der Waals surface area contributed by atoms with E-state index in [9.17, 15) is 18.0 Å². The van der Waals surface area contributed by atoms with Gasteiger partial charge in [0, 0.05) is 28.1 Å². The SMILES string of the molecule is CCc1cc2oc(=O)cc(COC(=O)c3ccc(OC)c(S(=O)(=O)NC(C)C)c3)c2cc1Cl. The molecule has 176 valence electrons. The Bertz CT molecular complexity index is 1360. The molecule has 0 aliphatic heterocycles. The maximum Gasteiger partial charge on any atom is 0.338 e. The second-order valence-electron chi connectivity index (χ2n) is 7.60. The fourth-order valence-electron chi connectivity index (χ4n) is 3.29. The van der Waals surface area contributed by atoms with Crippen molar-refractivity contribution in [1.82, 2.24) is 4.72 Å². The highest BCUT2D eigenvalue weighted by atomic mass is 35.5. The van der Waals surface area contributed by atoms with Gasteiger partial charge in [-0.05, 0) is 56.2 Å². The maximum atomic E-state index is 12.7. The van der Waals surface area contributed by atoms with E-state index in [-0.39, 0.29) is 28.9 Å². The van der Waals surface area contributed by atoms with Crippen LogP contribution in [0.4, 0.5) is 0 Å². The molecule has 0 bridgehead atoms. The first kappa shape index (κ1) is 24.8. The van der Waals surface area contributed by atoms with Crippen molar-refractivity contribution < 1.29 is 27.1 Å². The fourth-order valence-corrected chi connectivity index (χ4v) is 5.04. The summed E-state index contributed by atoms with van der Waals surface area (Å²) < 4.78 is 43.5. The quantitative estimate of drug-likeness (QED) is 0.372. The molecule has 0 unspecified atom stereocenters. The highest BCUT2D eigenvalue weighted by Crippen LogP contribution is 2.28. The number of carbonyl (C=O) groups is 1. The number of methoxy groups -OCH3 is 1. The molecular formula is C23H24ClNO7S. The van der Waals surface area contributed by atoms with Crippen molar-refractivity contribution in [2.75, 3.05) is 7.11 Å². The van der Waals surface area contributed by atoms with Gasteiger partial charge in [-0.3, -0.25) is 0 Å². The number of halogens is 1. The molecule has 0 saturated carbocycles. The maximum absolute atomic E-state index is 12.7. The lowest BCUT2D eigenvalue weighted by Crippen LogP contribution is -2.30. The van der Waals surface area contributed by atoms with Crippen molar-refractivity contribution in [3.63, 3.8) is 0 Å². The number of fused-ring (bicyclic) bond motifs is 1. The van der Waals surface area contributed by atoms with Gasteiger partial charge in [0.05, 0.1) is 12.7 Å². The molecule has 0 fully saturated rings. The first-order chi connectivity index (χ1) is 15.6. The number of nitrogens with one attached hydrogen (secondary N) is 1. The van der Waals surface area contributed by atoms with Crippen molar-refractivity contribution in [3.05, 3.63) is 68.5 Å². The minimum Gasteiger partial charge on any atom is -0.495 e. The monoisotopic (exact) mass is 493 g/mol.